The maximum atomic E-state index is 11.8. The molecule has 0 fully saturated rings. The average molecular weight is 315 g/mol. The Kier molecular flexibility index (Phi) is 6.22. The van der Waals surface area contributed by atoms with Gasteiger partial charge in [-0.05, 0) is 17.7 Å². The van der Waals surface area contributed by atoms with Gasteiger partial charge in [-0.1, -0.05) is 0 Å². The first-order valence-corrected chi connectivity index (χ1v) is 6.09. The Morgan fingerprint density at radius 2 is 1.60 bits per heavy atom. The summed E-state index contributed by atoms with van der Waals surface area (Å²) in [6.07, 6.45) is -4.68. The molecule has 0 unspecified atom stereocenters. The van der Waals surface area contributed by atoms with E-state index < -0.39 is 13.0 Å². The Morgan fingerprint density at radius 3 is 2.00 bits per heavy atom. The van der Waals surface area contributed by atoms with Gasteiger partial charge in [-0.15, -0.1) is 24.8 Å². The first-order chi connectivity index (χ1) is 9.41. The van der Waals surface area contributed by atoms with E-state index in [4.69, 9.17) is 25.8 Å². The van der Waals surface area contributed by atoms with E-state index in [1.54, 1.807) is 12.1 Å². The predicted molar refractivity (Wildman–Crippen MR) is 66.6 cm³/mol. The van der Waals surface area contributed by atoms with Crippen molar-refractivity contribution in [3.8, 4) is 17.2 Å². The van der Waals surface area contributed by atoms with Gasteiger partial charge < -0.3 is 14.2 Å². The van der Waals surface area contributed by atoms with Crippen molar-refractivity contribution in [1.29, 1.82) is 0 Å². The second kappa shape index (κ2) is 7.44. The largest absolute Gasteiger partial charge is 0.522 e. The summed E-state index contributed by atoms with van der Waals surface area (Å²) >= 11 is 5.72. The van der Waals surface area contributed by atoms with Crippen LogP contribution in [0, 0.1) is 0 Å². The van der Waals surface area contributed by atoms with Crippen LogP contribution in [0.4, 0.5) is 13.2 Å². The van der Waals surface area contributed by atoms with E-state index in [0.29, 0.717) is 11.5 Å². The number of hydrogen-bond donors (Lipinski definition) is 0. The Labute approximate surface area is 119 Å². The summed E-state index contributed by atoms with van der Waals surface area (Å²) in [5, 5.41) is 0. The fourth-order valence-electron chi connectivity index (χ4n) is 1.45. The van der Waals surface area contributed by atoms with Gasteiger partial charge in [0.1, 0.15) is 6.61 Å². The smallest absolute Gasteiger partial charge is 0.493 e. The van der Waals surface area contributed by atoms with Crippen LogP contribution in [0.5, 0.6) is 17.2 Å². The molecule has 8 heteroatoms. The fraction of sp³-hybridized carbons (Fsp3) is 0.500. The molecule has 0 radical (unpaired) electrons. The average Bonchev–Trinajstić information content (AvgIpc) is 2.41. The zero-order chi connectivity index (χ0) is 15.2. The lowest BCUT2D eigenvalue weighted by molar-refractivity contribution is -0.325. The van der Waals surface area contributed by atoms with Gasteiger partial charge >= 0.3 is 6.36 Å². The van der Waals surface area contributed by atoms with Crippen LogP contribution in [0.1, 0.15) is 5.56 Å². The van der Waals surface area contributed by atoms with Crippen LogP contribution in [-0.4, -0.2) is 33.8 Å². The van der Waals surface area contributed by atoms with E-state index in [1.807, 2.05) is 0 Å². The molecule has 0 aliphatic carbocycles. The molecule has 0 aromatic heterocycles. The number of benzene rings is 1. The van der Waals surface area contributed by atoms with Crippen LogP contribution in [0.2, 0.25) is 0 Å². The zero-order valence-electron chi connectivity index (χ0n) is 10.9. The van der Waals surface area contributed by atoms with Gasteiger partial charge in [0.2, 0.25) is 5.75 Å². The lowest BCUT2D eigenvalue weighted by atomic mass is 10.2. The number of halogens is 4. The summed E-state index contributed by atoms with van der Waals surface area (Å²) < 4.78 is 54.5. The summed E-state index contributed by atoms with van der Waals surface area (Å²) in [5.74, 6) is 1.10. The molecule has 20 heavy (non-hydrogen) atoms. The molecular weight excluding hydrogens is 301 g/mol. The molecule has 0 aliphatic rings. The van der Waals surface area contributed by atoms with E-state index in [9.17, 15) is 13.2 Å². The van der Waals surface area contributed by atoms with E-state index in [2.05, 4.69) is 4.74 Å². The predicted octanol–water partition coefficient (Wildman–Crippen LogP) is 3.36. The third kappa shape index (κ3) is 4.97. The van der Waals surface area contributed by atoms with Crippen molar-refractivity contribution in [1.82, 2.24) is 0 Å². The minimum atomic E-state index is -4.68. The third-order valence-corrected chi connectivity index (χ3v) is 2.58. The minimum absolute atomic E-state index is 0.203. The maximum Gasteiger partial charge on any atom is 0.522 e. The molecule has 0 bridgehead atoms. The molecular formula is C12H14ClF3O4. The van der Waals surface area contributed by atoms with Gasteiger partial charge in [-0.25, -0.2) is 0 Å². The second-order valence-electron chi connectivity index (χ2n) is 3.61. The van der Waals surface area contributed by atoms with Crippen LogP contribution in [-0.2, 0) is 10.6 Å². The van der Waals surface area contributed by atoms with E-state index in [-0.39, 0.29) is 18.2 Å². The molecule has 0 spiro atoms. The normalized spacial score (nSPS) is 11.3. The van der Waals surface area contributed by atoms with Crippen molar-refractivity contribution in [3.63, 3.8) is 0 Å². The Balaban J connectivity index is 2.77. The molecule has 0 N–H and O–H groups in total. The SMILES string of the molecule is COc1cc(CCl)cc(OC)c1OCCOC(F)(F)F. The van der Waals surface area contributed by atoms with Crippen molar-refractivity contribution in [3.05, 3.63) is 17.7 Å². The van der Waals surface area contributed by atoms with Gasteiger partial charge in [0.05, 0.1) is 20.8 Å². The second-order valence-corrected chi connectivity index (χ2v) is 3.87. The number of ether oxygens (including phenoxy) is 4. The van der Waals surface area contributed by atoms with Crippen LogP contribution in [0.25, 0.3) is 0 Å². The van der Waals surface area contributed by atoms with Gasteiger partial charge in [0.25, 0.3) is 0 Å². The van der Waals surface area contributed by atoms with E-state index >= 15 is 0 Å². The quantitative estimate of drug-likeness (QED) is 0.571. The van der Waals surface area contributed by atoms with Crippen LogP contribution < -0.4 is 14.2 Å². The summed E-state index contributed by atoms with van der Waals surface area (Å²) in [6, 6.07) is 3.24. The molecule has 0 heterocycles. The number of alkyl halides is 4. The summed E-state index contributed by atoms with van der Waals surface area (Å²) in [5.41, 5.74) is 0.735. The van der Waals surface area contributed by atoms with Crippen LogP contribution >= 0.6 is 11.6 Å². The first kappa shape index (κ1) is 16.7. The van der Waals surface area contributed by atoms with Gasteiger partial charge in [-0.3, -0.25) is 4.74 Å². The lowest BCUT2D eigenvalue weighted by Gasteiger charge is -2.16. The molecule has 1 rings (SSSR count). The standard InChI is InChI=1S/C12H14ClF3O4/c1-17-9-5-8(7-13)6-10(18-2)11(9)19-3-4-20-12(14,15)16/h5-6H,3-4,7H2,1-2H3. The Morgan fingerprint density at radius 1 is 1.05 bits per heavy atom. The number of hydrogen-bond acceptors (Lipinski definition) is 4. The lowest BCUT2D eigenvalue weighted by Crippen LogP contribution is -2.18. The molecule has 0 amide bonds. The van der Waals surface area contributed by atoms with Crippen molar-refractivity contribution in [2.75, 3.05) is 27.4 Å². The van der Waals surface area contributed by atoms with Crippen molar-refractivity contribution in [2.24, 2.45) is 0 Å². The van der Waals surface area contributed by atoms with Gasteiger partial charge in [-0.2, -0.15) is 0 Å². The molecule has 1 aromatic rings. The molecule has 0 saturated carbocycles. The summed E-state index contributed by atoms with van der Waals surface area (Å²) in [6.45, 7) is -0.931. The monoisotopic (exact) mass is 314 g/mol. The zero-order valence-corrected chi connectivity index (χ0v) is 11.7. The highest BCUT2D eigenvalue weighted by atomic mass is 35.5. The Bertz CT molecular complexity index is 412. The fourth-order valence-corrected chi connectivity index (χ4v) is 1.61. The first-order valence-electron chi connectivity index (χ1n) is 5.55. The van der Waals surface area contributed by atoms with Crippen molar-refractivity contribution in [2.45, 2.75) is 12.2 Å². The molecule has 0 aliphatic heterocycles. The highest BCUT2D eigenvalue weighted by Crippen LogP contribution is 2.38. The highest BCUT2D eigenvalue weighted by molar-refractivity contribution is 6.17. The van der Waals surface area contributed by atoms with Gasteiger partial charge in [0, 0.05) is 5.88 Å². The topological polar surface area (TPSA) is 36.9 Å². The molecule has 4 nitrogen and oxygen atoms in total. The van der Waals surface area contributed by atoms with E-state index in [0.717, 1.165) is 5.56 Å². The molecule has 0 atom stereocenters. The van der Waals surface area contributed by atoms with Crippen molar-refractivity contribution >= 4 is 11.6 Å². The summed E-state index contributed by atoms with van der Waals surface area (Å²) in [4.78, 5) is 0. The summed E-state index contributed by atoms with van der Waals surface area (Å²) in [7, 11) is 2.82. The number of rotatable bonds is 7. The molecule has 1 aromatic carbocycles. The molecule has 0 saturated heterocycles. The highest BCUT2D eigenvalue weighted by Gasteiger charge is 2.28. The van der Waals surface area contributed by atoms with Crippen LogP contribution in [0.15, 0.2) is 12.1 Å². The van der Waals surface area contributed by atoms with Crippen LogP contribution in [0.3, 0.4) is 0 Å². The maximum absolute atomic E-state index is 11.8. The third-order valence-electron chi connectivity index (χ3n) is 2.27. The minimum Gasteiger partial charge on any atom is -0.493 e. The number of methoxy groups -OCH3 is 2. The van der Waals surface area contributed by atoms with Crippen molar-refractivity contribution < 1.29 is 32.1 Å². The molecule has 114 valence electrons. The van der Waals surface area contributed by atoms with E-state index in [1.165, 1.54) is 14.2 Å². The Hall–Kier alpha value is -1.34. The van der Waals surface area contributed by atoms with Gasteiger partial charge in [0.15, 0.2) is 11.5 Å².